The SMILES string of the molecule is CC(CC(C)C(=O)CCC(C)(C)C#N)OC(=O)CCC(C)(C)C#N. The van der Waals surface area contributed by atoms with Crippen molar-refractivity contribution in [2.24, 2.45) is 16.7 Å². The maximum absolute atomic E-state index is 12.1. The highest BCUT2D eigenvalue weighted by Gasteiger charge is 2.24. The molecule has 24 heavy (non-hydrogen) atoms. The summed E-state index contributed by atoms with van der Waals surface area (Å²) in [5.74, 6) is -0.458. The summed E-state index contributed by atoms with van der Waals surface area (Å²) in [6, 6.07) is 4.34. The third kappa shape index (κ3) is 9.30. The number of carbonyl (C=O) groups is 2. The predicted octanol–water partition coefficient (Wildman–Crippen LogP) is 4.17. The molecule has 0 aromatic carbocycles. The van der Waals surface area contributed by atoms with Crippen LogP contribution in [0.5, 0.6) is 0 Å². The number of hydrogen-bond acceptors (Lipinski definition) is 5. The summed E-state index contributed by atoms with van der Waals surface area (Å²) in [6.07, 6.45) is 1.67. The molecule has 0 bridgehead atoms. The van der Waals surface area contributed by atoms with Crippen molar-refractivity contribution in [3.63, 3.8) is 0 Å². The molecule has 0 aliphatic heterocycles. The molecule has 0 fully saturated rings. The van der Waals surface area contributed by atoms with Gasteiger partial charge in [-0.1, -0.05) is 6.92 Å². The van der Waals surface area contributed by atoms with Gasteiger partial charge in [-0.15, -0.1) is 0 Å². The van der Waals surface area contributed by atoms with Crippen molar-refractivity contribution in [3.8, 4) is 12.1 Å². The third-order valence-electron chi connectivity index (χ3n) is 4.12. The van der Waals surface area contributed by atoms with Gasteiger partial charge in [0.2, 0.25) is 0 Å². The highest BCUT2D eigenvalue weighted by molar-refractivity contribution is 5.80. The van der Waals surface area contributed by atoms with Crippen molar-refractivity contribution in [2.75, 3.05) is 0 Å². The van der Waals surface area contributed by atoms with Crippen molar-refractivity contribution in [1.29, 1.82) is 10.5 Å². The Morgan fingerprint density at radius 1 is 0.958 bits per heavy atom. The van der Waals surface area contributed by atoms with Crippen LogP contribution in [0, 0.1) is 39.4 Å². The zero-order valence-electron chi connectivity index (χ0n) is 15.8. The van der Waals surface area contributed by atoms with Crippen molar-refractivity contribution < 1.29 is 14.3 Å². The number of ether oxygens (including phenoxy) is 1. The number of esters is 1. The first-order valence-corrected chi connectivity index (χ1v) is 8.47. The van der Waals surface area contributed by atoms with Gasteiger partial charge in [-0.3, -0.25) is 9.59 Å². The minimum absolute atomic E-state index is 0.0897. The first-order chi connectivity index (χ1) is 10.9. The van der Waals surface area contributed by atoms with E-state index in [1.54, 1.807) is 20.8 Å². The van der Waals surface area contributed by atoms with E-state index in [9.17, 15) is 9.59 Å². The van der Waals surface area contributed by atoms with E-state index in [0.29, 0.717) is 25.7 Å². The lowest BCUT2D eigenvalue weighted by Crippen LogP contribution is -2.23. The van der Waals surface area contributed by atoms with Gasteiger partial charge in [0.1, 0.15) is 5.78 Å². The van der Waals surface area contributed by atoms with Crippen molar-refractivity contribution >= 4 is 11.8 Å². The molecular formula is C19H30N2O3. The van der Waals surface area contributed by atoms with E-state index in [-0.39, 0.29) is 30.2 Å². The first-order valence-electron chi connectivity index (χ1n) is 8.47. The molecular weight excluding hydrogens is 304 g/mol. The fourth-order valence-corrected chi connectivity index (χ4v) is 2.17. The zero-order chi connectivity index (χ0) is 19.0. The van der Waals surface area contributed by atoms with Crippen LogP contribution in [0.1, 0.15) is 73.6 Å². The summed E-state index contributed by atoms with van der Waals surface area (Å²) in [5, 5.41) is 17.9. The number of carbonyl (C=O) groups excluding carboxylic acids is 2. The number of rotatable bonds is 10. The molecule has 0 N–H and O–H groups in total. The van der Waals surface area contributed by atoms with E-state index in [1.807, 2.05) is 20.8 Å². The summed E-state index contributed by atoms with van der Waals surface area (Å²) in [5.41, 5.74) is -1.04. The molecule has 0 aromatic heterocycles. The van der Waals surface area contributed by atoms with Gasteiger partial charge in [0.25, 0.3) is 0 Å². The smallest absolute Gasteiger partial charge is 0.306 e. The second kappa shape index (κ2) is 9.42. The van der Waals surface area contributed by atoms with Crippen LogP contribution in [-0.4, -0.2) is 17.9 Å². The molecule has 0 rings (SSSR count). The van der Waals surface area contributed by atoms with E-state index in [4.69, 9.17) is 15.3 Å². The number of Topliss-reactive ketones (excluding diaryl/α,β-unsaturated/α-hetero) is 1. The van der Waals surface area contributed by atoms with Crippen LogP contribution in [0.2, 0.25) is 0 Å². The number of hydrogen-bond donors (Lipinski definition) is 0. The molecule has 0 aromatic rings. The summed E-state index contributed by atoms with van der Waals surface area (Å²) in [6.45, 7) is 10.8. The van der Waals surface area contributed by atoms with E-state index >= 15 is 0 Å². The highest BCUT2D eigenvalue weighted by Crippen LogP contribution is 2.24. The number of nitriles is 2. The molecule has 0 heterocycles. The van der Waals surface area contributed by atoms with Crippen LogP contribution in [0.25, 0.3) is 0 Å². The van der Waals surface area contributed by atoms with E-state index < -0.39 is 10.8 Å². The van der Waals surface area contributed by atoms with Gasteiger partial charge < -0.3 is 4.74 Å². The Kier molecular flexibility index (Phi) is 8.69. The molecule has 5 heteroatoms. The normalized spacial score (nSPS) is 14.2. The lowest BCUT2D eigenvalue weighted by molar-refractivity contribution is -0.150. The molecule has 2 unspecified atom stereocenters. The first kappa shape index (κ1) is 22.1. The summed E-state index contributed by atoms with van der Waals surface area (Å²) in [4.78, 5) is 23.9. The minimum Gasteiger partial charge on any atom is -0.463 e. The molecule has 5 nitrogen and oxygen atoms in total. The second-order valence-electron chi connectivity index (χ2n) is 7.89. The fraction of sp³-hybridized carbons (Fsp3) is 0.789. The molecule has 0 aliphatic carbocycles. The van der Waals surface area contributed by atoms with Crippen molar-refractivity contribution in [1.82, 2.24) is 0 Å². The van der Waals surface area contributed by atoms with Gasteiger partial charge in [-0.25, -0.2) is 0 Å². The summed E-state index contributed by atoms with van der Waals surface area (Å²) >= 11 is 0. The van der Waals surface area contributed by atoms with Crippen LogP contribution in [0.3, 0.4) is 0 Å². The maximum Gasteiger partial charge on any atom is 0.306 e. The van der Waals surface area contributed by atoms with Crippen molar-refractivity contribution in [2.45, 2.75) is 79.8 Å². The quantitative estimate of drug-likeness (QED) is 0.559. The Morgan fingerprint density at radius 3 is 1.88 bits per heavy atom. The number of ketones is 1. The van der Waals surface area contributed by atoms with Gasteiger partial charge in [0.05, 0.1) is 29.1 Å². The Morgan fingerprint density at radius 2 is 1.42 bits per heavy atom. The Bertz CT molecular complexity index is 524. The van der Waals surface area contributed by atoms with Gasteiger partial charge >= 0.3 is 5.97 Å². The average molecular weight is 334 g/mol. The molecule has 0 aliphatic rings. The van der Waals surface area contributed by atoms with Gasteiger partial charge in [0, 0.05) is 18.8 Å². The van der Waals surface area contributed by atoms with Crippen LogP contribution < -0.4 is 0 Å². The van der Waals surface area contributed by atoms with Gasteiger partial charge in [-0.2, -0.15) is 10.5 Å². The largest absolute Gasteiger partial charge is 0.463 e. The van der Waals surface area contributed by atoms with Gasteiger partial charge in [0.15, 0.2) is 0 Å². The highest BCUT2D eigenvalue weighted by atomic mass is 16.5. The second-order valence-corrected chi connectivity index (χ2v) is 7.89. The summed E-state index contributed by atoms with van der Waals surface area (Å²) in [7, 11) is 0. The molecule has 0 radical (unpaired) electrons. The Balaban J connectivity index is 4.25. The molecule has 0 saturated carbocycles. The topological polar surface area (TPSA) is 90.9 Å². The minimum atomic E-state index is -0.543. The maximum atomic E-state index is 12.1. The standard InChI is InChI=1S/C19H30N2O3/c1-14(16(22)7-9-18(3,4)12-20)11-15(2)24-17(23)8-10-19(5,6)13-21/h14-15H,7-11H2,1-6H3. The van der Waals surface area contributed by atoms with Crippen LogP contribution in [0.15, 0.2) is 0 Å². The lowest BCUT2D eigenvalue weighted by atomic mass is 9.86. The van der Waals surface area contributed by atoms with Gasteiger partial charge in [-0.05, 0) is 53.9 Å². The van der Waals surface area contributed by atoms with E-state index in [1.165, 1.54) is 0 Å². The van der Waals surface area contributed by atoms with E-state index in [0.717, 1.165) is 0 Å². The monoisotopic (exact) mass is 334 g/mol. The molecule has 0 spiro atoms. The molecule has 2 atom stereocenters. The average Bonchev–Trinajstić information content (AvgIpc) is 2.50. The Hall–Kier alpha value is -1.88. The van der Waals surface area contributed by atoms with Crippen molar-refractivity contribution in [3.05, 3.63) is 0 Å². The fourth-order valence-electron chi connectivity index (χ4n) is 2.17. The molecule has 134 valence electrons. The van der Waals surface area contributed by atoms with E-state index in [2.05, 4.69) is 12.1 Å². The third-order valence-corrected chi connectivity index (χ3v) is 4.12. The van der Waals surface area contributed by atoms with Crippen LogP contribution in [-0.2, 0) is 14.3 Å². The number of nitrogens with zero attached hydrogens (tertiary/aromatic N) is 2. The zero-order valence-corrected chi connectivity index (χ0v) is 15.8. The lowest BCUT2D eigenvalue weighted by Gasteiger charge is -2.20. The molecule has 0 amide bonds. The predicted molar refractivity (Wildman–Crippen MR) is 91.6 cm³/mol. The summed E-state index contributed by atoms with van der Waals surface area (Å²) < 4.78 is 5.32. The van der Waals surface area contributed by atoms with Crippen LogP contribution in [0.4, 0.5) is 0 Å². The Labute approximate surface area is 146 Å². The molecule has 0 saturated heterocycles. The van der Waals surface area contributed by atoms with Crippen LogP contribution >= 0.6 is 0 Å².